The summed E-state index contributed by atoms with van der Waals surface area (Å²) in [6.45, 7) is 7.37. The van der Waals surface area contributed by atoms with E-state index < -0.39 is 0 Å². The van der Waals surface area contributed by atoms with Gasteiger partial charge in [0.15, 0.2) is 0 Å². The van der Waals surface area contributed by atoms with Crippen molar-refractivity contribution in [1.82, 2.24) is 4.90 Å². The highest BCUT2D eigenvalue weighted by Gasteiger charge is 2.19. The van der Waals surface area contributed by atoms with Crippen molar-refractivity contribution in [1.29, 1.82) is 5.41 Å². The van der Waals surface area contributed by atoms with E-state index in [4.69, 9.17) is 20.6 Å². The van der Waals surface area contributed by atoms with E-state index in [2.05, 4.69) is 29.3 Å². The molecular weight excluding hydrogens is 340 g/mol. The minimum absolute atomic E-state index is 0.0292. The molecule has 0 saturated carbocycles. The van der Waals surface area contributed by atoms with Crippen molar-refractivity contribution < 1.29 is 9.47 Å². The molecule has 3 rings (SSSR count). The van der Waals surface area contributed by atoms with E-state index in [1.807, 2.05) is 24.3 Å². The van der Waals surface area contributed by atoms with Gasteiger partial charge in [0.1, 0.15) is 24.2 Å². The molecule has 1 unspecified atom stereocenters. The Kier molecular flexibility index (Phi) is 6.90. The fourth-order valence-electron chi connectivity index (χ4n) is 3.31. The zero-order valence-corrected chi connectivity index (χ0v) is 16.0. The number of morpholine rings is 1. The Morgan fingerprint density at radius 1 is 1.30 bits per heavy atom. The fraction of sp³-hybridized carbons (Fsp3) is 0.476. The first-order chi connectivity index (χ1) is 13.2. The molecule has 1 aromatic rings. The maximum absolute atomic E-state index is 7.51. The Morgan fingerprint density at radius 3 is 2.70 bits per heavy atom. The van der Waals surface area contributed by atoms with E-state index in [0.717, 1.165) is 62.7 Å². The minimum atomic E-state index is 0.0292. The van der Waals surface area contributed by atoms with Crippen LogP contribution in [0.15, 0.2) is 47.7 Å². The third-order valence-corrected chi connectivity index (χ3v) is 5.03. The molecule has 0 radical (unpaired) electrons. The first-order valence-corrected chi connectivity index (χ1v) is 9.69. The lowest BCUT2D eigenvalue weighted by Crippen LogP contribution is -2.38. The Bertz CT molecular complexity index is 691. The molecule has 1 heterocycles. The van der Waals surface area contributed by atoms with Gasteiger partial charge in [-0.25, -0.2) is 0 Å². The summed E-state index contributed by atoms with van der Waals surface area (Å²) < 4.78 is 11.5. The molecule has 0 amide bonds. The summed E-state index contributed by atoms with van der Waals surface area (Å²) in [5.41, 5.74) is 8.66. The molecule has 146 valence electrons. The number of rotatable bonds is 8. The molecule has 2 aliphatic rings. The first-order valence-electron chi connectivity index (χ1n) is 9.69. The molecule has 1 aliphatic heterocycles. The summed E-state index contributed by atoms with van der Waals surface area (Å²) >= 11 is 0. The van der Waals surface area contributed by atoms with Gasteiger partial charge in [-0.05, 0) is 43.2 Å². The average molecular weight is 370 g/mol. The summed E-state index contributed by atoms with van der Waals surface area (Å²) in [5, 5.41) is 11.0. The number of anilines is 1. The molecule has 1 aliphatic carbocycles. The molecule has 4 N–H and O–H groups in total. The van der Waals surface area contributed by atoms with E-state index in [1.54, 1.807) is 0 Å². The van der Waals surface area contributed by atoms with Gasteiger partial charge in [0, 0.05) is 30.9 Å². The third-order valence-electron chi connectivity index (χ3n) is 5.03. The van der Waals surface area contributed by atoms with Crippen LogP contribution in [0.25, 0.3) is 0 Å². The molecular formula is C21H30N4O2. The van der Waals surface area contributed by atoms with Gasteiger partial charge in [0.25, 0.3) is 0 Å². The van der Waals surface area contributed by atoms with E-state index in [0.29, 0.717) is 6.61 Å². The standard InChI is InChI=1S/C21H30N4O2/c1-2-16-3-8-20(27-14-11-25-9-12-26-13-10-25)19(15-16)24-18-6-4-17(5-7-18)21(22)23/h4-8,15,19,24H,2-3,9-14H2,1H3,(H3,22,23). The summed E-state index contributed by atoms with van der Waals surface area (Å²) in [6.07, 6.45) is 6.45. The Labute approximate surface area is 161 Å². The molecule has 1 saturated heterocycles. The van der Waals surface area contributed by atoms with Crippen LogP contribution in [0.5, 0.6) is 0 Å². The number of nitrogen functional groups attached to an aromatic ring is 1. The molecule has 27 heavy (non-hydrogen) atoms. The maximum atomic E-state index is 7.51. The fourth-order valence-corrected chi connectivity index (χ4v) is 3.31. The SMILES string of the molecule is CCC1=CC(Nc2ccc(C(=N)N)cc2)C(OCCN2CCOCC2)=CC1. The van der Waals surface area contributed by atoms with Gasteiger partial charge in [-0.1, -0.05) is 18.6 Å². The Morgan fingerprint density at radius 2 is 2.04 bits per heavy atom. The molecule has 1 atom stereocenters. The quantitative estimate of drug-likeness (QED) is 0.372. The van der Waals surface area contributed by atoms with Crippen LogP contribution in [0.1, 0.15) is 25.3 Å². The molecule has 6 nitrogen and oxygen atoms in total. The first kappa shape index (κ1) is 19.5. The highest BCUT2D eigenvalue weighted by Crippen LogP contribution is 2.24. The molecule has 0 bridgehead atoms. The zero-order valence-electron chi connectivity index (χ0n) is 16.0. The van der Waals surface area contributed by atoms with Gasteiger partial charge < -0.3 is 20.5 Å². The van der Waals surface area contributed by atoms with Crippen LogP contribution in [-0.4, -0.2) is 56.2 Å². The lowest BCUT2D eigenvalue weighted by atomic mass is 9.98. The number of hydrogen-bond donors (Lipinski definition) is 3. The van der Waals surface area contributed by atoms with Crippen molar-refractivity contribution in [2.45, 2.75) is 25.8 Å². The number of nitrogens with two attached hydrogens (primary N) is 1. The van der Waals surface area contributed by atoms with E-state index >= 15 is 0 Å². The number of nitrogens with zero attached hydrogens (tertiary/aromatic N) is 1. The summed E-state index contributed by atoms with van der Waals surface area (Å²) in [7, 11) is 0. The normalized spacial score (nSPS) is 20.6. The van der Waals surface area contributed by atoms with Crippen molar-refractivity contribution in [2.24, 2.45) is 5.73 Å². The number of allylic oxidation sites excluding steroid dienone is 2. The van der Waals surface area contributed by atoms with Crippen molar-refractivity contribution in [3.8, 4) is 0 Å². The van der Waals surface area contributed by atoms with Crippen molar-refractivity contribution in [3.63, 3.8) is 0 Å². The maximum Gasteiger partial charge on any atom is 0.122 e. The summed E-state index contributed by atoms with van der Waals surface area (Å²) in [6, 6.07) is 7.66. The zero-order chi connectivity index (χ0) is 19.1. The second-order valence-electron chi connectivity index (χ2n) is 6.90. The highest BCUT2D eigenvalue weighted by molar-refractivity contribution is 5.95. The lowest BCUT2D eigenvalue weighted by molar-refractivity contribution is 0.0270. The van der Waals surface area contributed by atoms with Gasteiger partial charge in [-0.2, -0.15) is 0 Å². The van der Waals surface area contributed by atoms with Gasteiger partial charge in [0.2, 0.25) is 0 Å². The van der Waals surface area contributed by atoms with Crippen molar-refractivity contribution in [2.75, 3.05) is 44.8 Å². The van der Waals surface area contributed by atoms with Gasteiger partial charge in [-0.3, -0.25) is 10.3 Å². The smallest absolute Gasteiger partial charge is 0.122 e. The van der Waals surface area contributed by atoms with Crippen LogP contribution in [-0.2, 0) is 9.47 Å². The van der Waals surface area contributed by atoms with E-state index in [9.17, 15) is 0 Å². The number of nitrogens with one attached hydrogen (secondary N) is 2. The van der Waals surface area contributed by atoms with Gasteiger partial charge >= 0.3 is 0 Å². The van der Waals surface area contributed by atoms with Crippen LogP contribution in [0.4, 0.5) is 5.69 Å². The summed E-state index contributed by atoms with van der Waals surface area (Å²) in [4.78, 5) is 2.38. The van der Waals surface area contributed by atoms with Gasteiger partial charge in [-0.15, -0.1) is 0 Å². The van der Waals surface area contributed by atoms with Gasteiger partial charge in [0.05, 0.1) is 13.2 Å². The monoisotopic (exact) mass is 370 g/mol. The molecule has 1 aromatic carbocycles. The largest absolute Gasteiger partial charge is 0.494 e. The predicted octanol–water partition coefficient (Wildman–Crippen LogP) is 2.72. The molecule has 6 heteroatoms. The predicted molar refractivity (Wildman–Crippen MR) is 109 cm³/mol. The summed E-state index contributed by atoms with van der Waals surface area (Å²) in [5.74, 6) is 1.07. The number of benzene rings is 1. The second kappa shape index (κ2) is 9.58. The molecule has 0 spiro atoms. The van der Waals surface area contributed by atoms with E-state index in [1.165, 1.54) is 5.57 Å². The number of amidine groups is 1. The number of hydrogen-bond acceptors (Lipinski definition) is 5. The lowest BCUT2D eigenvalue weighted by Gasteiger charge is -2.28. The minimum Gasteiger partial charge on any atom is -0.494 e. The topological polar surface area (TPSA) is 83.6 Å². The second-order valence-corrected chi connectivity index (χ2v) is 6.90. The van der Waals surface area contributed by atoms with Crippen LogP contribution < -0.4 is 11.1 Å². The molecule has 0 aromatic heterocycles. The average Bonchev–Trinajstić information content (AvgIpc) is 2.70. The van der Waals surface area contributed by atoms with Crippen molar-refractivity contribution in [3.05, 3.63) is 53.3 Å². The van der Waals surface area contributed by atoms with Crippen LogP contribution in [0, 0.1) is 5.41 Å². The Balaban J connectivity index is 1.59. The highest BCUT2D eigenvalue weighted by atomic mass is 16.5. The Hall–Kier alpha value is -2.31. The van der Waals surface area contributed by atoms with E-state index in [-0.39, 0.29) is 11.9 Å². The van der Waals surface area contributed by atoms with Crippen LogP contribution in [0.2, 0.25) is 0 Å². The van der Waals surface area contributed by atoms with Crippen molar-refractivity contribution >= 4 is 11.5 Å². The molecule has 1 fully saturated rings. The van der Waals surface area contributed by atoms with Crippen LogP contribution >= 0.6 is 0 Å². The third kappa shape index (κ3) is 5.58. The number of ether oxygens (including phenoxy) is 2. The van der Waals surface area contributed by atoms with Crippen LogP contribution in [0.3, 0.4) is 0 Å².